The first-order valence-electron chi connectivity index (χ1n) is 7.90. The van der Waals surface area contributed by atoms with Crippen molar-refractivity contribution in [1.82, 2.24) is 9.88 Å². The lowest BCUT2D eigenvalue weighted by Gasteiger charge is -2.27. The fourth-order valence-corrected chi connectivity index (χ4v) is 3.51. The first-order chi connectivity index (χ1) is 11.2. The molecule has 24 heavy (non-hydrogen) atoms. The van der Waals surface area contributed by atoms with Crippen LogP contribution in [0.2, 0.25) is 0 Å². The molecule has 1 aliphatic carbocycles. The second-order valence-corrected chi connectivity index (χ2v) is 7.00. The number of halogens is 1. The van der Waals surface area contributed by atoms with Crippen LogP contribution in [0.1, 0.15) is 40.5 Å². The number of hydrogen-bond acceptors (Lipinski definition) is 5. The van der Waals surface area contributed by atoms with Gasteiger partial charge in [-0.2, -0.15) is 11.8 Å². The van der Waals surface area contributed by atoms with Crippen LogP contribution in [0, 0.1) is 0 Å². The SMILES string of the molecule is COC(=O)c1ccc(CN=C(N)N2CCSCC2)nc1C1CC1.I. The van der Waals surface area contributed by atoms with Gasteiger partial charge in [-0.05, 0) is 25.0 Å². The number of hydrogen-bond donors (Lipinski definition) is 1. The quantitative estimate of drug-likeness (QED) is 0.320. The Morgan fingerprint density at radius 1 is 1.42 bits per heavy atom. The second-order valence-electron chi connectivity index (χ2n) is 5.78. The van der Waals surface area contributed by atoms with Gasteiger partial charge in [-0.25, -0.2) is 9.79 Å². The van der Waals surface area contributed by atoms with E-state index in [0.717, 1.165) is 48.8 Å². The minimum atomic E-state index is -0.320. The third-order valence-electron chi connectivity index (χ3n) is 4.09. The Bertz CT molecular complexity index is 616. The van der Waals surface area contributed by atoms with E-state index in [-0.39, 0.29) is 29.9 Å². The minimum Gasteiger partial charge on any atom is -0.465 e. The van der Waals surface area contributed by atoms with Gasteiger partial charge >= 0.3 is 5.97 Å². The largest absolute Gasteiger partial charge is 0.465 e. The summed E-state index contributed by atoms with van der Waals surface area (Å²) in [6.45, 7) is 2.33. The molecule has 0 amide bonds. The predicted octanol–water partition coefficient (Wildman–Crippen LogP) is 2.23. The summed E-state index contributed by atoms with van der Waals surface area (Å²) in [5.41, 5.74) is 8.33. The van der Waals surface area contributed by atoms with Gasteiger partial charge in [-0.3, -0.25) is 4.98 Å². The smallest absolute Gasteiger partial charge is 0.339 e. The molecule has 1 saturated carbocycles. The summed E-state index contributed by atoms with van der Waals surface area (Å²) in [6.07, 6.45) is 2.16. The van der Waals surface area contributed by atoms with Gasteiger partial charge in [-0.1, -0.05) is 0 Å². The number of guanidine groups is 1. The highest BCUT2D eigenvalue weighted by Crippen LogP contribution is 2.40. The lowest BCUT2D eigenvalue weighted by Crippen LogP contribution is -2.42. The van der Waals surface area contributed by atoms with Crippen LogP contribution in [0.4, 0.5) is 0 Å². The fourth-order valence-electron chi connectivity index (χ4n) is 2.61. The number of methoxy groups -OCH3 is 1. The normalized spacial score (nSPS) is 18.0. The van der Waals surface area contributed by atoms with E-state index in [1.54, 1.807) is 6.07 Å². The van der Waals surface area contributed by atoms with Crippen LogP contribution < -0.4 is 5.73 Å². The summed E-state index contributed by atoms with van der Waals surface area (Å²) in [7, 11) is 1.40. The van der Waals surface area contributed by atoms with E-state index in [0.29, 0.717) is 24.0 Å². The summed E-state index contributed by atoms with van der Waals surface area (Å²) >= 11 is 1.94. The molecule has 2 N–H and O–H groups in total. The van der Waals surface area contributed by atoms with Crippen LogP contribution in [0.25, 0.3) is 0 Å². The zero-order chi connectivity index (χ0) is 16.2. The highest BCUT2D eigenvalue weighted by atomic mass is 127. The van der Waals surface area contributed by atoms with Crippen molar-refractivity contribution in [2.24, 2.45) is 10.7 Å². The average molecular weight is 462 g/mol. The van der Waals surface area contributed by atoms with Crippen LogP contribution in [0.5, 0.6) is 0 Å². The number of carbonyl (C=O) groups excluding carboxylic acids is 1. The topological polar surface area (TPSA) is 80.8 Å². The molecule has 3 rings (SSSR count). The lowest BCUT2D eigenvalue weighted by molar-refractivity contribution is 0.0598. The Hall–Kier alpha value is -1.03. The first kappa shape index (κ1) is 19.3. The maximum absolute atomic E-state index is 11.8. The van der Waals surface area contributed by atoms with Crippen molar-refractivity contribution in [3.63, 3.8) is 0 Å². The number of aliphatic imine (C=N–C) groups is 1. The molecule has 0 spiro atoms. The van der Waals surface area contributed by atoms with Crippen LogP contribution in [-0.4, -0.2) is 53.5 Å². The summed E-state index contributed by atoms with van der Waals surface area (Å²) in [5, 5.41) is 0. The Labute approximate surface area is 163 Å². The van der Waals surface area contributed by atoms with Crippen molar-refractivity contribution >= 4 is 47.7 Å². The van der Waals surface area contributed by atoms with Crippen molar-refractivity contribution in [3.05, 3.63) is 29.1 Å². The fraction of sp³-hybridized carbons (Fsp3) is 0.562. The molecule has 2 heterocycles. The molecular weight excluding hydrogens is 439 g/mol. The van der Waals surface area contributed by atoms with Gasteiger partial charge in [0, 0.05) is 30.5 Å². The average Bonchev–Trinajstić information content (AvgIpc) is 3.44. The van der Waals surface area contributed by atoms with E-state index in [9.17, 15) is 4.79 Å². The Kier molecular flexibility index (Phi) is 7.15. The van der Waals surface area contributed by atoms with Crippen molar-refractivity contribution in [1.29, 1.82) is 0 Å². The highest BCUT2D eigenvalue weighted by molar-refractivity contribution is 14.0. The predicted molar refractivity (Wildman–Crippen MR) is 107 cm³/mol. The highest BCUT2D eigenvalue weighted by Gasteiger charge is 2.30. The molecule has 1 aromatic rings. The Balaban J connectivity index is 0.00000208. The van der Waals surface area contributed by atoms with Crippen LogP contribution in [0.3, 0.4) is 0 Å². The molecule has 0 bridgehead atoms. The van der Waals surface area contributed by atoms with Gasteiger partial charge in [0.15, 0.2) is 5.96 Å². The molecule has 0 aromatic carbocycles. The number of nitrogens with zero attached hydrogens (tertiary/aromatic N) is 3. The van der Waals surface area contributed by atoms with Crippen LogP contribution in [-0.2, 0) is 11.3 Å². The van der Waals surface area contributed by atoms with Gasteiger partial charge in [0.05, 0.1) is 30.6 Å². The number of aromatic nitrogens is 1. The van der Waals surface area contributed by atoms with E-state index in [4.69, 9.17) is 10.5 Å². The third-order valence-corrected chi connectivity index (χ3v) is 5.03. The third kappa shape index (κ3) is 4.75. The monoisotopic (exact) mass is 462 g/mol. The van der Waals surface area contributed by atoms with E-state index < -0.39 is 0 Å². The van der Waals surface area contributed by atoms with Gasteiger partial charge in [0.2, 0.25) is 0 Å². The van der Waals surface area contributed by atoms with Crippen LogP contribution >= 0.6 is 35.7 Å². The van der Waals surface area contributed by atoms with Gasteiger partial charge in [-0.15, -0.1) is 24.0 Å². The lowest BCUT2D eigenvalue weighted by atomic mass is 10.1. The summed E-state index contributed by atoms with van der Waals surface area (Å²) in [4.78, 5) is 23.0. The number of rotatable bonds is 4. The molecular formula is C16H23IN4O2S. The molecule has 0 atom stereocenters. The molecule has 0 radical (unpaired) electrons. The number of thioether (sulfide) groups is 1. The van der Waals surface area contributed by atoms with Crippen molar-refractivity contribution < 1.29 is 9.53 Å². The second kappa shape index (κ2) is 8.89. The molecule has 0 unspecified atom stereocenters. The number of carbonyl (C=O) groups is 1. The van der Waals surface area contributed by atoms with E-state index >= 15 is 0 Å². The number of nitrogens with two attached hydrogens (primary N) is 1. The van der Waals surface area contributed by atoms with E-state index in [2.05, 4.69) is 14.9 Å². The molecule has 1 aromatic heterocycles. The standard InChI is InChI=1S/C16H22N4O2S.HI/c1-22-15(21)13-5-4-12(19-14(13)11-2-3-11)10-18-16(17)20-6-8-23-9-7-20;/h4-5,11H,2-3,6-10H2,1H3,(H2,17,18);1H. The number of esters is 1. The van der Waals surface area contributed by atoms with Crippen molar-refractivity contribution in [2.45, 2.75) is 25.3 Å². The van der Waals surface area contributed by atoms with Gasteiger partial charge < -0.3 is 15.4 Å². The van der Waals surface area contributed by atoms with E-state index in [1.807, 2.05) is 17.8 Å². The number of pyridine rings is 1. The first-order valence-corrected chi connectivity index (χ1v) is 9.05. The van der Waals surface area contributed by atoms with Crippen molar-refractivity contribution in [3.8, 4) is 0 Å². The number of ether oxygens (including phenoxy) is 1. The Morgan fingerprint density at radius 3 is 2.75 bits per heavy atom. The summed E-state index contributed by atoms with van der Waals surface area (Å²) in [5.74, 6) is 2.82. The molecule has 2 aliphatic rings. The van der Waals surface area contributed by atoms with Crippen LogP contribution in [0.15, 0.2) is 17.1 Å². The van der Waals surface area contributed by atoms with Crippen molar-refractivity contribution in [2.75, 3.05) is 31.7 Å². The summed E-state index contributed by atoms with van der Waals surface area (Å²) in [6, 6.07) is 3.63. The van der Waals surface area contributed by atoms with E-state index in [1.165, 1.54) is 7.11 Å². The summed E-state index contributed by atoms with van der Waals surface area (Å²) < 4.78 is 4.84. The maximum Gasteiger partial charge on any atom is 0.339 e. The molecule has 1 saturated heterocycles. The molecule has 132 valence electrons. The van der Waals surface area contributed by atoms with Gasteiger partial charge in [0.25, 0.3) is 0 Å². The molecule has 8 heteroatoms. The van der Waals surface area contributed by atoms with Gasteiger partial charge in [0.1, 0.15) is 0 Å². The maximum atomic E-state index is 11.8. The zero-order valence-electron chi connectivity index (χ0n) is 13.7. The molecule has 6 nitrogen and oxygen atoms in total. The Morgan fingerprint density at radius 2 is 2.12 bits per heavy atom. The zero-order valence-corrected chi connectivity index (χ0v) is 16.9. The molecule has 2 fully saturated rings. The molecule has 1 aliphatic heterocycles. The minimum absolute atomic E-state index is 0.